The highest BCUT2D eigenvalue weighted by molar-refractivity contribution is 6.00. The van der Waals surface area contributed by atoms with Crippen molar-refractivity contribution in [3.8, 4) is 0 Å². The van der Waals surface area contributed by atoms with Crippen LogP contribution in [0.4, 0.5) is 5.82 Å². The number of nitrogens with two attached hydrogens (primary N) is 1. The third kappa shape index (κ3) is 1.76. The lowest BCUT2D eigenvalue weighted by Gasteiger charge is -2.37. The van der Waals surface area contributed by atoms with Gasteiger partial charge in [0.1, 0.15) is 5.82 Å². The lowest BCUT2D eigenvalue weighted by atomic mass is 9.67. The summed E-state index contributed by atoms with van der Waals surface area (Å²) >= 11 is 0. The number of nitrogens with zero attached hydrogens (tertiary/aromatic N) is 2. The summed E-state index contributed by atoms with van der Waals surface area (Å²) < 4.78 is 1.54. The second-order valence-corrected chi connectivity index (χ2v) is 4.83. The number of nitrogen functional groups attached to an aromatic ring is 1. The van der Waals surface area contributed by atoms with Crippen molar-refractivity contribution in [3.05, 3.63) is 11.8 Å². The average Bonchev–Trinajstić information content (AvgIpc) is 2.45. The maximum absolute atomic E-state index is 12.0. The first-order valence-electron chi connectivity index (χ1n) is 5.32. The van der Waals surface area contributed by atoms with E-state index in [1.807, 2.05) is 0 Å². The third-order valence-electron chi connectivity index (χ3n) is 3.43. The molecule has 0 aliphatic heterocycles. The van der Waals surface area contributed by atoms with E-state index in [2.05, 4.69) is 12.0 Å². The molecule has 1 aliphatic carbocycles. The fraction of sp³-hybridized carbons (Fsp3) is 0.636. The third-order valence-corrected chi connectivity index (χ3v) is 3.43. The molecule has 1 heterocycles. The molecule has 0 bridgehead atoms. The lowest BCUT2D eigenvalue weighted by molar-refractivity contribution is 0.0817. The van der Waals surface area contributed by atoms with Crippen molar-refractivity contribution in [2.24, 2.45) is 12.5 Å². The zero-order chi connectivity index (χ0) is 11.1. The second kappa shape index (κ2) is 3.36. The first-order valence-corrected chi connectivity index (χ1v) is 5.32. The Morgan fingerprint density at radius 2 is 2.33 bits per heavy atom. The number of rotatable bonds is 3. The largest absolute Gasteiger partial charge is 0.383 e. The topological polar surface area (TPSA) is 60.9 Å². The number of carbonyl (C=O) groups excluding carboxylic acids is 1. The number of aromatic nitrogens is 2. The standard InChI is InChI=1S/C11H17N3O/c1-11(4-3-5-11)6-9(15)8-7-13-14(2)10(8)12/h7H,3-6,12H2,1-2H3. The molecule has 0 atom stereocenters. The minimum absolute atomic E-state index is 0.128. The number of carbonyl (C=O) groups is 1. The molecule has 82 valence electrons. The highest BCUT2D eigenvalue weighted by Gasteiger charge is 2.34. The molecule has 0 unspecified atom stereocenters. The Morgan fingerprint density at radius 1 is 1.67 bits per heavy atom. The van der Waals surface area contributed by atoms with Crippen molar-refractivity contribution in [3.63, 3.8) is 0 Å². The Hall–Kier alpha value is -1.32. The van der Waals surface area contributed by atoms with E-state index in [-0.39, 0.29) is 11.2 Å². The van der Waals surface area contributed by atoms with E-state index in [4.69, 9.17) is 5.73 Å². The summed E-state index contributed by atoms with van der Waals surface area (Å²) in [6, 6.07) is 0. The minimum atomic E-state index is 0.128. The Morgan fingerprint density at radius 3 is 2.73 bits per heavy atom. The number of Topliss-reactive ketones (excluding diaryl/α,β-unsaturated/α-hetero) is 1. The molecule has 1 aromatic heterocycles. The summed E-state index contributed by atoms with van der Waals surface area (Å²) in [4.78, 5) is 12.0. The highest BCUT2D eigenvalue weighted by atomic mass is 16.1. The molecule has 0 spiro atoms. The maximum Gasteiger partial charge on any atom is 0.168 e. The van der Waals surface area contributed by atoms with Gasteiger partial charge in [0.25, 0.3) is 0 Å². The van der Waals surface area contributed by atoms with E-state index in [0.29, 0.717) is 17.8 Å². The molecule has 0 saturated heterocycles. The molecular weight excluding hydrogens is 190 g/mol. The molecule has 0 aromatic carbocycles. The molecule has 1 aliphatic rings. The first-order chi connectivity index (χ1) is 7.02. The summed E-state index contributed by atoms with van der Waals surface area (Å²) in [5, 5.41) is 3.98. The van der Waals surface area contributed by atoms with E-state index in [9.17, 15) is 4.79 Å². The van der Waals surface area contributed by atoms with Gasteiger partial charge >= 0.3 is 0 Å². The van der Waals surface area contributed by atoms with Crippen LogP contribution in [0.2, 0.25) is 0 Å². The fourth-order valence-corrected chi connectivity index (χ4v) is 2.10. The van der Waals surface area contributed by atoms with Crippen LogP contribution in [0.1, 0.15) is 43.0 Å². The van der Waals surface area contributed by atoms with E-state index in [1.54, 1.807) is 13.2 Å². The molecule has 1 aromatic rings. The van der Waals surface area contributed by atoms with Crippen LogP contribution in [0, 0.1) is 5.41 Å². The van der Waals surface area contributed by atoms with Crippen LogP contribution in [0.3, 0.4) is 0 Å². The van der Waals surface area contributed by atoms with Crippen LogP contribution in [0.15, 0.2) is 6.20 Å². The van der Waals surface area contributed by atoms with Crippen LogP contribution in [-0.2, 0) is 7.05 Å². The minimum Gasteiger partial charge on any atom is -0.383 e. The fourth-order valence-electron chi connectivity index (χ4n) is 2.10. The summed E-state index contributed by atoms with van der Waals surface area (Å²) in [5.41, 5.74) is 6.54. The first kappa shape index (κ1) is 10.2. The summed E-state index contributed by atoms with van der Waals surface area (Å²) in [5.74, 6) is 0.603. The van der Waals surface area contributed by atoms with Gasteiger partial charge < -0.3 is 5.73 Å². The van der Waals surface area contributed by atoms with Gasteiger partial charge in [-0.3, -0.25) is 9.48 Å². The number of hydrogen-bond donors (Lipinski definition) is 1. The molecule has 1 saturated carbocycles. The zero-order valence-corrected chi connectivity index (χ0v) is 9.29. The molecule has 1 fully saturated rings. The van der Waals surface area contributed by atoms with Crippen molar-refractivity contribution in [2.75, 3.05) is 5.73 Å². The zero-order valence-electron chi connectivity index (χ0n) is 9.29. The molecule has 15 heavy (non-hydrogen) atoms. The van der Waals surface area contributed by atoms with Gasteiger partial charge in [0.05, 0.1) is 11.8 Å². The summed E-state index contributed by atoms with van der Waals surface area (Å²) in [6.07, 6.45) is 5.71. The van der Waals surface area contributed by atoms with Crippen LogP contribution in [0.5, 0.6) is 0 Å². The van der Waals surface area contributed by atoms with Crippen molar-refractivity contribution in [2.45, 2.75) is 32.6 Å². The highest BCUT2D eigenvalue weighted by Crippen LogP contribution is 2.44. The van der Waals surface area contributed by atoms with Crippen LogP contribution in [-0.4, -0.2) is 15.6 Å². The van der Waals surface area contributed by atoms with E-state index >= 15 is 0 Å². The molecule has 0 radical (unpaired) electrons. The van der Waals surface area contributed by atoms with Crippen molar-refractivity contribution in [1.29, 1.82) is 0 Å². The van der Waals surface area contributed by atoms with Crippen molar-refractivity contribution < 1.29 is 4.79 Å². The molecule has 0 amide bonds. The number of ketones is 1. The Labute approximate surface area is 89.5 Å². The number of hydrogen-bond acceptors (Lipinski definition) is 3. The van der Waals surface area contributed by atoms with Crippen LogP contribution >= 0.6 is 0 Å². The number of anilines is 1. The molecule has 2 N–H and O–H groups in total. The maximum atomic E-state index is 12.0. The van der Waals surface area contributed by atoms with Crippen molar-refractivity contribution >= 4 is 11.6 Å². The number of aryl methyl sites for hydroxylation is 1. The van der Waals surface area contributed by atoms with E-state index in [1.165, 1.54) is 11.1 Å². The van der Waals surface area contributed by atoms with Gasteiger partial charge in [-0.1, -0.05) is 13.3 Å². The average molecular weight is 207 g/mol. The quantitative estimate of drug-likeness (QED) is 0.768. The molecule has 4 nitrogen and oxygen atoms in total. The predicted molar refractivity (Wildman–Crippen MR) is 58.5 cm³/mol. The van der Waals surface area contributed by atoms with E-state index < -0.39 is 0 Å². The van der Waals surface area contributed by atoms with Gasteiger partial charge in [0, 0.05) is 13.5 Å². The van der Waals surface area contributed by atoms with Crippen LogP contribution in [0.25, 0.3) is 0 Å². The second-order valence-electron chi connectivity index (χ2n) is 4.83. The van der Waals surface area contributed by atoms with E-state index in [0.717, 1.165) is 12.8 Å². The van der Waals surface area contributed by atoms with Gasteiger partial charge in [-0.25, -0.2) is 0 Å². The van der Waals surface area contributed by atoms with Crippen molar-refractivity contribution in [1.82, 2.24) is 9.78 Å². The Balaban J connectivity index is 2.11. The van der Waals surface area contributed by atoms with Gasteiger partial charge in [-0.15, -0.1) is 0 Å². The molecular formula is C11H17N3O. The lowest BCUT2D eigenvalue weighted by Crippen LogP contribution is -2.28. The normalized spacial score (nSPS) is 18.5. The van der Waals surface area contributed by atoms with Gasteiger partial charge in [0.15, 0.2) is 5.78 Å². The van der Waals surface area contributed by atoms with Gasteiger partial charge in [-0.2, -0.15) is 5.10 Å². The van der Waals surface area contributed by atoms with Crippen LogP contribution < -0.4 is 5.73 Å². The SMILES string of the molecule is Cn1ncc(C(=O)CC2(C)CCC2)c1N. The predicted octanol–water partition coefficient (Wildman–Crippen LogP) is 1.77. The monoisotopic (exact) mass is 207 g/mol. The Bertz CT molecular complexity index is 391. The Kier molecular flexibility index (Phi) is 2.29. The molecule has 2 rings (SSSR count). The summed E-state index contributed by atoms with van der Waals surface area (Å²) in [7, 11) is 1.75. The summed E-state index contributed by atoms with van der Waals surface area (Å²) in [6.45, 7) is 2.17. The smallest absolute Gasteiger partial charge is 0.168 e. The van der Waals surface area contributed by atoms with Gasteiger partial charge in [0.2, 0.25) is 0 Å². The van der Waals surface area contributed by atoms with Gasteiger partial charge in [-0.05, 0) is 18.3 Å². The molecule has 4 heteroatoms.